The van der Waals surface area contributed by atoms with Crippen molar-refractivity contribution in [1.29, 1.82) is 0 Å². The third-order valence-corrected chi connectivity index (χ3v) is 2.02. The summed E-state index contributed by atoms with van der Waals surface area (Å²) in [6, 6.07) is 7.62. The molecule has 0 radical (unpaired) electrons. The van der Waals surface area contributed by atoms with Crippen molar-refractivity contribution in [2.24, 2.45) is 0 Å². The van der Waals surface area contributed by atoms with Gasteiger partial charge in [0.1, 0.15) is 0 Å². The molecule has 2 nitrogen and oxygen atoms in total. The Kier molecular flexibility index (Phi) is 4.79. The van der Waals surface area contributed by atoms with E-state index in [1.807, 2.05) is 24.3 Å². The van der Waals surface area contributed by atoms with E-state index in [9.17, 15) is 4.79 Å². The number of aryl methyl sites for hydroxylation is 1. The molecule has 0 heterocycles. The zero-order valence-electron chi connectivity index (χ0n) is 8.23. The van der Waals surface area contributed by atoms with E-state index in [-0.39, 0.29) is 6.42 Å². The van der Waals surface area contributed by atoms with E-state index in [0.717, 1.165) is 11.1 Å². The van der Waals surface area contributed by atoms with E-state index >= 15 is 0 Å². The summed E-state index contributed by atoms with van der Waals surface area (Å²) in [5.74, 6) is 5.55. The van der Waals surface area contributed by atoms with Gasteiger partial charge in [-0.1, -0.05) is 24.0 Å². The Hall–Kier alpha value is -1.40. The van der Waals surface area contributed by atoms with Gasteiger partial charge in [0.15, 0.2) is 0 Å². The van der Waals surface area contributed by atoms with E-state index < -0.39 is 5.97 Å². The van der Waals surface area contributed by atoms with Crippen LogP contribution in [0.25, 0.3) is 0 Å². The lowest BCUT2D eigenvalue weighted by atomic mass is 10.1. The van der Waals surface area contributed by atoms with Crippen LogP contribution in [-0.4, -0.2) is 16.8 Å². The Morgan fingerprint density at radius 3 is 2.93 bits per heavy atom. The maximum atomic E-state index is 10.4. The van der Waals surface area contributed by atoms with Crippen LogP contribution < -0.4 is 0 Å². The SMILES string of the molecule is O=C(O)CCc1cccc(C#CCS)c1. The van der Waals surface area contributed by atoms with E-state index in [1.165, 1.54) is 0 Å². The van der Waals surface area contributed by atoms with Gasteiger partial charge in [0.25, 0.3) is 0 Å². The van der Waals surface area contributed by atoms with Crippen molar-refractivity contribution in [3.8, 4) is 11.8 Å². The Labute approximate surface area is 94.7 Å². The van der Waals surface area contributed by atoms with Crippen LogP contribution in [0.4, 0.5) is 0 Å². The van der Waals surface area contributed by atoms with Crippen molar-refractivity contribution in [1.82, 2.24) is 0 Å². The highest BCUT2D eigenvalue weighted by Crippen LogP contribution is 2.06. The third-order valence-electron chi connectivity index (χ3n) is 1.87. The van der Waals surface area contributed by atoms with Crippen molar-refractivity contribution in [2.45, 2.75) is 12.8 Å². The highest BCUT2D eigenvalue weighted by atomic mass is 32.1. The molecular weight excluding hydrogens is 208 g/mol. The molecule has 0 fully saturated rings. The molecule has 1 aromatic carbocycles. The van der Waals surface area contributed by atoms with Gasteiger partial charge in [-0.15, -0.1) is 0 Å². The molecule has 0 spiro atoms. The van der Waals surface area contributed by atoms with Gasteiger partial charge in [-0.2, -0.15) is 12.6 Å². The van der Waals surface area contributed by atoms with Crippen molar-refractivity contribution < 1.29 is 9.90 Å². The molecule has 0 unspecified atom stereocenters. The topological polar surface area (TPSA) is 37.3 Å². The zero-order chi connectivity index (χ0) is 11.1. The van der Waals surface area contributed by atoms with E-state index in [4.69, 9.17) is 5.11 Å². The van der Waals surface area contributed by atoms with Gasteiger partial charge < -0.3 is 5.11 Å². The van der Waals surface area contributed by atoms with Crippen molar-refractivity contribution in [2.75, 3.05) is 5.75 Å². The van der Waals surface area contributed by atoms with E-state index in [1.54, 1.807) is 0 Å². The van der Waals surface area contributed by atoms with Crippen molar-refractivity contribution in [3.63, 3.8) is 0 Å². The summed E-state index contributed by atoms with van der Waals surface area (Å²) >= 11 is 3.99. The Morgan fingerprint density at radius 2 is 2.27 bits per heavy atom. The lowest BCUT2D eigenvalue weighted by Crippen LogP contribution is -1.97. The summed E-state index contributed by atoms with van der Waals surface area (Å²) < 4.78 is 0. The zero-order valence-corrected chi connectivity index (χ0v) is 9.13. The fraction of sp³-hybridized carbons (Fsp3) is 0.250. The average Bonchev–Trinajstić information content (AvgIpc) is 2.24. The number of rotatable bonds is 3. The van der Waals surface area contributed by atoms with Crippen LogP contribution in [0.5, 0.6) is 0 Å². The maximum absolute atomic E-state index is 10.4. The number of hydrogen-bond donors (Lipinski definition) is 2. The molecule has 0 saturated heterocycles. The molecular formula is C12H12O2S. The minimum absolute atomic E-state index is 0.156. The first kappa shape index (κ1) is 11.7. The first-order chi connectivity index (χ1) is 7.22. The lowest BCUT2D eigenvalue weighted by Gasteiger charge is -1.98. The average molecular weight is 220 g/mol. The monoisotopic (exact) mass is 220 g/mol. The summed E-state index contributed by atoms with van der Waals surface area (Å²) in [6.07, 6.45) is 0.704. The van der Waals surface area contributed by atoms with Crippen molar-refractivity contribution in [3.05, 3.63) is 35.4 Å². The predicted octanol–water partition coefficient (Wildman–Crippen LogP) is 1.99. The summed E-state index contributed by atoms with van der Waals surface area (Å²) in [5, 5.41) is 8.55. The van der Waals surface area contributed by atoms with Crippen molar-refractivity contribution >= 4 is 18.6 Å². The first-order valence-electron chi connectivity index (χ1n) is 4.63. The molecule has 0 bridgehead atoms. The van der Waals surface area contributed by atoms with Crippen LogP contribution in [0.3, 0.4) is 0 Å². The van der Waals surface area contributed by atoms with Crippen LogP contribution in [0.15, 0.2) is 24.3 Å². The van der Waals surface area contributed by atoms with Crippen LogP contribution in [0.1, 0.15) is 17.5 Å². The highest BCUT2D eigenvalue weighted by molar-refractivity contribution is 7.80. The molecule has 1 aromatic rings. The van der Waals surface area contributed by atoms with Gasteiger partial charge in [0.05, 0.1) is 5.75 Å². The molecule has 0 saturated carbocycles. The standard InChI is InChI=1S/C12H12O2S/c13-12(14)7-6-11-4-1-3-10(9-11)5-2-8-15/h1,3-4,9,15H,6-8H2,(H,13,14). The van der Waals surface area contributed by atoms with Crippen LogP contribution in [0.2, 0.25) is 0 Å². The van der Waals surface area contributed by atoms with Gasteiger partial charge in [-0.25, -0.2) is 0 Å². The molecule has 1 rings (SSSR count). The molecule has 0 aliphatic rings. The minimum Gasteiger partial charge on any atom is -0.481 e. The van der Waals surface area contributed by atoms with Gasteiger partial charge in [-0.3, -0.25) is 4.79 Å². The number of hydrogen-bond acceptors (Lipinski definition) is 2. The van der Waals surface area contributed by atoms with Crippen LogP contribution >= 0.6 is 12.6 Å². The molecule has 0 amide bonds. The lowest BCUT2D eigenvalue weighted by molar-refractivity contribution is -0.136. The summed E-state index contributed by atoms with van der Waals surface area (Å²) in [4.78, 5) is 10.4. The summed E-state index contributed by atoms with van der Waals surface area (Å²) in [5.41, 5.74) is 1.91. The number of benzene rings is 1. The second-order valence-corrected chi connectivity index (χ2v) is 3.37. The second-order valence-electron chi connectivity index (χ2n) is 3.05. The normalized spacial score (nSPS) is 9.13. The molecule has 0 aromatic heterocycles. The fourth-order valence-electron chi connectivity index (χ4n) is 1.20. The second kappa shape index (κ2) is 6.15. The Bertz CT molecular complexity index is 402. The van der Waals surface area contributed by atoms with Gasteiger partial charge >= 0.3 is 5.97 Å². The van der Waals surface area contributed by atoms with Gasteiger partial charge in [0, 0.05) is 12.0 Å². The number of aliphatic carboxylic acids is 1. The smallest absolute Gasteiger partial charge is 0.303 e. The number of carbonyl (C=O) groups is 1. The first-order valence-corrected chi connectivity index (χ1v) is 5.26. The van der Waals surface area contributed by atoms with Crippen LogP contribution in [-0.2, 0) is 11.2 Å². The fourth-order valence-corrected chi connectivity index (χ4v) is 1.28. The molecule has 78 valence electrons. The summed E-state index contributed by atoms with van der Waals surface area (Å²) in [7, 11) is 0. The largest absolute Gasteiger partial charge is 0.481 e. The third kappa shape index (κ3) is 4.57. The molecule has 3 heteroatoms. The molecule has 0 aliphatic carbocycles. The van der Waals surface area contributed by atoms with Gasteiger partial charge in [0.2, 0.25) is 0 Å². The minimum atomic E-state index is -0.776. The number of carboxylic acid groups (broad SMARTS) is 1. The highest BCUT2D eigenvalue weighted by Gasteiger charge is 1.99. The molecule has 15 heavy (non-hydrogen) atoms. The van der Waals surface area contributed by atoms with E-state index in [2.05, 4.69) is 24.5 Å². The Balaban J connectivity index is 2.69. The molecule has 1 N–H and O–H groups in total. The maximum Gasteiger partial charge on any atom is 0.303 e. The Morgan fingerprint density at radius 1 is 1.47 bits per heavy atom. The molecule has 0 aliphatic heterocycles. The quantitative estimate of drug-likeness (QED) is 0.604. The van der Waals surface area contributed by atoms with Gasteiger partial charge in [-0.05, 0) is 24.1 Å². The van der Waals surface area contributed by atoms with E-state index in [0.29, 0.717) is 12.2 Å². The number of thiol groups is 1. The molecule has 0 atom stereocenters. The van der Waals surface area contributed by atoms with Crippen LogP contribution in [0, 0.1) is 11.8 Å². The summed E-state index contributed by atoms with van der Waals surface area (Å²) in [6.45, 7) is 0. The number of carboxylic acids is 1. The predicted molar refractivity (Wildman–Crippen MR) is 63.1 cm³/mol.